The second-order valence-corrected chi connectivity index (χ2v) is 8.17. The van der Waals surface area contributed by atoms with Crippen molar-refractivity contribution in [2.24, 2.45) is 0 Å². The average Bonchev–Trinajstić information content (AvgIpc) is 3.34. The standard InChI is InChI=1S/C27H27N5O3/c1-2-31-29-25(21-14-16-24(17-15-21)32(34)35)26(30-31)22-12-8-13-23(19-22)27(33)28-18-7-6-11-20-9-4-3-5-10-20/h3-5,8-10,12-17,19H,2,6-7,11,18H2,1H3,(H,28,33). The van der Waals surface area contributed by atoms with Crippen molar-refractivity contribution in [2.45, 2.75) is 32.7 Å². The Kier molecular flexibility index (Phi) is 7.62. The van der Waals surface area contributed by atoms with Crippen molar-refractivity contribution in [3.05, 3.63) is 100 Å². The number of unbranched alkanes of at least 4 members (excludes halogenated alkanes) is 1. The molecule has 0 fully saturated rings. The molecular formula is C27H27N5O3. The van der Waals surface area contributed by atoms with Gasteiger partial charge in [-0.15, -0.1) is 0 Å². The quantitative estimate of drug-likeness (QED) is 0.193. The van der Waals surface area contributed by atoms with Gasteiger partial charge in [-0.05, 0) is 56.0 Å². The van der Waals surface area contributed by atoms with Gasteiger partial charge >= 0.3 is 0 Å². The molecule has 1 heterocycles. The summed E-state index contributed by atoms with van der Waals surface area (Å²) in [4.78, 5) is 24.9. The number of nitro groups is 1. The first kappa shape index (κ1) is 23.8. The largest absolute Gasteiger partial charge is 0.352 e. The number of aryl methyl sites for hydroxylation is 2. The van der Waals surface area contributed by atoms with Crippen LogP contribution in [0, 0.1) is 10.1 Å². The second-order valence-electron chi connectivity index (χ2n) is 8.17. The first-order valence-corrected chi connectivity index (χ1v) is 11.7. The van der Waals surface area contributed by atoms with E-state index in [1.165, 1.54) is 17.7 Å². The third-order valence-corrected chi connectivity index (χ3v) is 5.71. The fraction of sp³-hybridized carbons (Fsp3) is 0.222. The number of nitrogens with one attached hydrogen (secondary N) is 1. The van der Waals surface area contributed by atoms with Crippen LogP contribution in [0.5, 0.6) is 0 Å². The van der Waals surface area contributed by atoms with E-state index >= 15 is 0 Å². The lowest BCUT2D eigenvalue weighted by molar-refractivity contribution is -0.384. The van der Waals surface area contributed by atoms with Crippen LogP contribution in [0.25, 0.3) is 22.5 Å². The number of carbonyl (C=O) groups is 1. The molecule has 1 aromatic heterocycles. The average molecular weight is 470 g/mol. The van der Waals surface area contributed by atoms with Crippen LogP contribution in [0.3, 0.4) is 0 Å². The zero-order valence-corrected chi connectivity index (χ0v) is 19.6. The zero-order valence-electron chi connectivity index (χ0n) is 19.6. The molecule has 4 rings (SSSR count). The lowest BCUT2D eigenvalue weighted by Gasteiger charge is -2.07. The number of non-ortho nitro benzene ring substituents is 1. The van der Waals surface area contributed by atoms with Gasteiger partial charge in [0.15, 0.2) is 0 Å². The molecule has 0 radical (unpaired) electrons. The monoisotopic (exact) mass is 469 g/mol. The summed E-state index contributed by atoms with van der Waals surface area (Å²) in [5, 5.41) is 23.1. The van der Waals surface area contributed by atoms with Gasteiger partial charge < -0.3 is 5.32 Å². The number of nitrogens with zero attached hydrogens (tertiary/aromatic N) is 4. The molecule has 0 unspecified atom stereocenters. The Morgan fingerprint density at radius 1 is 0.914 bits per heavy atom. The molecule has 35 heavy (non-hydrogen) atoms. The third-order valence-electron chi connectivity index (χ3n) is 5.71. The van der Waals surface area contributed by atoms with Crippen LogP contribution in [-0.2, 0) is 13.0 Å². The molecule has 8 nitrogen and oxygen atoms in total. The van der Waals surface area contributed by atoms with Crippen molar-refractivity contribution in [3.8, 4) is 22.5 Å². The van der Waals surface area contributed by atoms with Crippen LogP contribution in [0.2, 0.25) is 0 Å². The Hall–Kier alpha value is -4.33. The highest BCUT2D eigenvalue weighted by Gasteiger charge is 2.17. The van der Waals surface area contributed by atoms with E-state index in [1.807, 2.05) is 37.3 Å². The van der Waals surface area contributed by atoms with Gasteiger partial charge in [0, 0.05) is 35.4 Å². The number of rotatable bonds is 10. The number of nitro benzene ring substituents is 1. The summed E-state index contributed by atoms with van der Waals surface area (Å²) in [5.74, 6) is -0.133. The molecule has 0 bridgehead atoms. The highest BCUT2D eigenvalue weighted by molar-refractivity contribution is 5.95. The summed E-state index contributed by atoms with van der Waals surface area (Å²) in [7, 11) is 0. The molecule has 178 valence electrons. The molecule has 1 N–H and O–H groups in total. The van der Waals surface area contributed by atoms with E-state index < -0.39 is 4.92 Å². The molecule has 0 saturated carbocycles. The van der Waals surface area contributed by atoms with E-state index in [9.17, 15) is 14.9 Å². The molecule has 1 amide bonds. The van der Waals surface area contributed by atoms with Crippen LogP contribution in [0.4, 0.5) is 5.69 Å². The smallest absolute Gasteiger partial charge is 0.269 e. The molecule has 8 heteroatoms. The van der Waals surface area contributed by atoms with Crippen molar-refractivity contribution in [1.29, 1.82) is 0 Å². The molecule has 0 saturated heterocycles. The summed E-state index contributed by atoms with van der Waals surface area (Å²) in [6, 6.07) is 23.8. The topological polar surface area (TPSA) is 103 Å². The fourth-order valence-corrected chi connectivity index (χ4v) is 3.83. The molecule has 0 spiro atoms. The summed E-state index contributed by atoms with van der Waals surface area (Å²) >= 11 is 0. The SMILES string of the molecule is CCn1nc(-c2ccc([N+](=O)[O-])cc2)c(-c2cccc(C(=O)NCCCCc3ccccc3)c2)n1. The molecular weight excluding hydrogens is 442 g/mol. The minimum Gasteiger partial charge on any atom is -0.352 e. The number of carbonyl (C=O) groups excluding carboxylic acids is 1. The Balaban J connectivity index is 1.45. The molecule has 3 aromatic carbocycles. The highest BCUT2D eigenvalue weighted by atomic mass is 16.6. The van der Waals surface area contributed by atoms with Gasteiger partial charge in [-0.2, -0.15) is 15.0 Å². The van der Waals surface area contributed by atoms with E-state index in [2.05, 4.69) is 27.6 Å². The number of amides is 1. The second kappa shape index (κ2) is 11.2. The van der Waals surface area contributed by atoms with Gasteiger partial charge in [-0.1, -0.05) is 42.5 Å². The Bertz CT molecular complexity index is 1300. The molecule has 0 aliphatic heterocycles. The minimum absolute atomic E-state index is 0.0145. The lowest BCUT2D eigenvalue weighted by atomic mass is 10.0. The minimum atomic E-state index is -0.433. The molecule has 0 aliphatic rings. The first-order chi connectivity index (χ1) is 17.0. The van der Waals surface area contributed by atoms with Crippen molar-refractivity contribution in [3.63, 3.8) is 0 Å². The van der Waals surface area contributed by atoms with Crippen LogP contribution < -0.4 is 5.32 Å². The summed E-state index contributed by atoms with van der Waals surface area (Å²) < 4.78 is 0. The summed E-state index contributed by atoms with van der Waals surface area (Å²) in [5.41, 5.74) is 4.58. The maximum atomic E-state index is 12.8. The van der Waals surface area contributed by atoms with Gasteiger partial charge in [0.1, 0.15) is 11.4 Å². The van der Waals surface area contributed by atoms with Crippen molar-refractivity contribution in [1.82, 2.24) is 20.3 Å². The Morgan fingerprint density at radius 3 is 2.31 bits per heavy atom. The number of hydrogen-bond acceptors (Lipinski definition) is 5. The normalized spacial score (nSPS) is 10.8. The maximum absolute atomic E-state index is 12.8. The molecule has 4 aromatic rings. The van der Waals surface area contributed by atoms with Gasteiger partial charge in [-0.3, -0.25) is 14.9 Å². The number of aromatic nitrogens is 3. The van der Waals surface area contributed by atoms with E-state index in [4.69, 9.17) is 0 Å². The third kappa shape index (κ3) is 5.97. The van der Waals surface area contributed by atoms with Crippen molar-refractivity contribution < 1.29 is 9.72 Å². The van der Waals surface area contributed by atoms with E-state index in [1.54, 1.807) is 29.1 Å². The van der Waals surface area contributed by atoms with E-state index in [0.717, 1.165) is 30.4 Å². The highest BCUT2D eigenvalue weighted by Crippen LogP contribution is 2.30. The van der Waals surface area contributed by atoms with Crippen LogP contribution >= 0.6 is 0 Å². The van der Waals surface area contributed by atoms with Crippen LogP contribution in [0.1, 0.15) is 35.7 Å². The molecule has 0 atom stereocenters. The van der Waals surface area contributed by atoms with Crippen molar-refractivity contribution in [2.75, 3.05) is 6.54 Å². The van der Waals surface area contributed by atoms with Crippen LogP contribution in [-0.4, -0.2) is 32.4 Å². The van der Waals surface area contributed by atoms with E-state index in [0.29, 0.717) is 30.0 Å². The zero-order chi connectivity index (χ0) is 24.6. The molecule has 0 aliphatic carbocycles. The van der Waals surface area contributed by atoms with E-state index in [-0.39, 0.29) is 11.6 Å². The van der Waals surface area contributed by atoms with Gasteiger partial charge in [0.25, 0.3) is 11.6 Å². The van der Waals surface area contributed by atoms with Gasteiger partial charge in [-0.25, -0.2) is 0 Å². The van der Waals surface area contributed by atoms with Gasteiger partial charge in [0.2, 0.25) is 0 Å². The van der Waals surface area contributed by atoms with Crippen molar-refractivity contribution >= 4 is 11.6 Å². The number of benzene rings is 3. The lowest BCUT2D eigenvalue weighted by Crippen LogP contribution is -2.24. The Morgan fingerprint density at radius 2 is 1.63 bits per heavy atom. The summed E-state index contributed by atoms with van der Waals surface area (Å²) in [6.07, 6.45) is 2.89. The maximum Gasteiger partial charge on any atom is 0.269 e. The van der Waals surface area contributed by atoms with Gasteiger partial charge in [0.05, 0.1) is 11.5 Å². The Labute approximate surface area is 203 Å². The predicted molar refractivity (Wildman–Crippen MR) is 135 cm³/mol. The van der Waals surface area contributed by atoms with Crippen LogP contribution in [0.15, 0.2) is 78.9 Å². The number of hydrogen-bond donors (Lipinski definition) is 1. The predicted octanol–water partition coefficient (Wildman–Crippen LogP) is 5.29. The first-order valence-electron chi connectivity index (χ1n) is 11.7. The fourth-order valence-electron chi connectivity index (χ4n) is 3.83. The summed E-state index contributed by atoms with van der Waals surface area (Å²) in [6.45, 7) is 3.12.